The standard InChI is InChI=1S/2C35H25BN2O2.C34H24BN3O2/c39-36(40)31-19-10-18-30-29-17-7-8-20-34(29)38(35(30)31)28-16-9-15-26(21-28)27-22-32(24-11-3-1-4-12-24)37-33(23-27)25-13-5-2-6-14-25;39-36(40)31-19-10-18-30-29-17-7-8-20-34(29)38(35(30)31)28-16-9-15-26(21-28)33-23-27(24-11-3-1-4-12-24)22-32(37-33)25-13-5-2-6-14-25;39-35(40)29-19-10-18-28-27-17-7-8-20-32(27)38(33(28)29)26-16-9-15-25(21-26)34-36-30(23-11-3-1-4-12-23)22-31(37-34)24-13-5-2-6-14-24/h2*1-23,39-40H;1-22,39-40H. The lowest BCUT2D eigenvalue weighted by atomic mass is 9.79. The second-order valence-corrected chi connectivity index (χ2v) is 29.5. The molecule has 21 rings (SSSR count). The summed E-state index contributed by atoms with van der Waals surface area (Å²) in [5, 5.41) is 67.6. The number of pyridine rings is 2. The fourth-order valence-electron chi connectivity index (χ4n) is 16.5. The van der Waals surface area contributed by atoms with E-state index in [0.29, 0.717) is 22.2 Å². The van der Waals surface area contributed by atoms with Gasteiger partial charge in [-0.05, 0) is 107 Å². The van der Waals surface area contributed by atoms with Crippen LogP contribution in [0.2, 0.25) is 0 Å². The minimum absolute atomic E-state index is 0.452. The largest absolute Gasteiger partial charge is 0.490 e. The highest BCUT2D eigenvalue weighted by Gasteiger charge is 2.26. The maximum Gasteiger partial charge on any atom is 0.490 e. The molecule has 16 heteroatoms. The van der Waals surface area contributed by atoms with E-state index in [2.05, 4.69) is 190 Å². The Morgan fingerprint density at radius 2 is 0.417 bits per heavy atom. The molecule has 0 fully saturated rings. The zero-order valence-corrected chi connectivity index (χ0v) is 64.8. The first-order valence-corrected chi connectivity index (χ1v) is 39.7. The summed E-state index contributed by atoms with van der Waals surface area (Å²) in [5.41, 5.74) is 26.1. The zero-order valence-electron chi connectivity index (χ0n) is 64.8. The Morgan fingerprint density at radius 3 is 0.758 bits per heavy atom. The van der Waals surface area contributed by atoms with Crippen LogP contribution in [0.25, 0.3) is 184 Å². The van der Waals surface area contributed by atoms with Crippen molar-refractivity contribution in [1.82, 2.24) is 33.6 Å². The Labute approximate surface area is 693 Å². The van der Waals surface area contributed by atoms with Crippen LogP contribution in [-0.2, 0) is 0 Å². The second kappa shape index (κ2) is 33.0. The number of para-hydroxylation sites is 6. The quantitative estimate of drug-likeness (QED) is 0.0539. The third-order valence-corrected chi connectivity index (χ3v) is 22.0. The number of hydrogen-bond acceptors (Lipinski definition) is 10. The molecule has 0 atom stereocenters. The topological polar surface area (TPSA) is 188 Å². The zero-order chi connectivity index (χ0) is 81.2. The summed E-state index contributed by atoms with van der Waals surface area (Å²) in [6.45, 7) is 0. The average molecular weight is 1550 g/mol. The van der Waals surface area contributed by atoms with Crippen molar-refractivity contribution >= 4 is 103 Å². The van der Waals surface area contributed by atoms with Crippen LogP contribution in [0.4, 0.5) is 0 Å². The van der Waals surface area contributed by atoms with Crippen molar-refractivity contribution < 1.29 is 30.1 Å². The van der Waals surface area contributed by atoms with E-state index >= 15 is 0 Å². The van der Waals surface area contributed by atoms with Gasteiger partial charge in [-0.3, -0.25) is 0 Å². The number of rotatable bonds is 15. The molecule has 6 aromatic heterocycles. The smallest absolute Gasteiger partial charge is 0.423 e. The molecule has 0 aliphatic rings. The van der Waals surface area contributed by atoms with E-state index in [4.69, 9.17) is 19.9 Å². The van der Waals surface area contributed by atoms with Gasteiger partial charge in [0.2, 0.25) is 0 Å². The van der Waals surface area contributed by atoms with Gasteiger partial charge in [0.25, 0.3) is 0 Å². The SMILES string of the molecule is OB(O)c1cccc2c3ccccc3n(-c3cccc(-c4cc(-c5ccccc5)cc(-c5ccccc5)n4)c3)c12.OB(O)c1cccc2c3ccccc3n(-c3cccc(-c4cc(-c5ccccc5)nc(-c5ccccc5)c4)c3)c12.OB(O)c1cccc2c3ccccc3n(-c3cccc(-c4nc(-c5ccccc5)cc(-c5ccccc5)n4)c3)c12. The van der Waals surface area contributed by atoms with Crippen LogP contribution in [0.5, 0.6) is 0 Å². The molecule has 21 aromatic rings. The van der Waals surface area contributed by atoms with Crippen LogP contribution in [0, 0.1) is 0 Å². The molecule has 0 bridgehead atoms. The lowest BCUT2D eigenvalue weighted by Crippen LogP contribution is -2.31. The summed E-state index contributed by atoms with van der Waals surface area (Å²) < 4.78 is 6.32. The molecule has 0 spiro atoms. The lowest BCUT2D eigenvalue weighted by molar-refractivity contribution is 0.425. The molecule has 570 valence electrons. The summed E-state index contributed by atoms with van der Waals surface area (Å²) in [6.07, 6.45) is 0. The highest BCUT2D eigenvalue weighted by molar-refractivity contribution is 6.63. The van der Waals surface area contributed by atoms with Crippen molar-refractivity contribution in [3.8, 4) is 118 Å². The molecule has 15 aromatic carbocycles. The highest BCUT2D eigenvalue weighted by atomic mass is 16.4. The van der Waals surface area contributed by atoms with Crippen molar-refractivity contribution in [2.45, 2.75) is 0 Å². The Morgan fingerprint density at radius 1 is 0.175 bits per heavy atom. The lowest BCUT2D eigenvalue weighted by Gasteiger charge is -2.14. The van der Waals surface area contributed by atoms with Gasteiger partial charge in [0.05, 0.1) is 67.3 Å². The Bertz CT molecular complexity index is 6470. The van der Waals surface area contributed by atoms with Crippen LogP contribution in [0.15, 0.2) is 413 Å². The van der Waals surface area contributed by atoms with Crippen molar-refractivity contribution in [3.63, 3.8) is 0 Å². The molecule has 120 heavy (non-hydrogen) atoms. The number of fused-ring (bicyclic) bond motifs is 9. The molecular formula is C104H74B3N7O6. The van der Waals surface area contributed by atoms with Gasteiger partial charge < -0.3 is 43.8 Å². The maximum atomic E-state index is 10.3. The van der Waals surface area contributed by atoms with Crippen molar-refractivity contribution in [3.05, 3.63) is 413 Å². The fourth-order valence-corrected chi connectivity index (χ4v) is 16.5. The molecule has 6 N–H and O–H groups in total. The number of benzene rings is 15. The monoisotopic (exact) mass is 1550 g/mol. The first-order valence-electron chi connectivity index (χ1n) is 39.7. The van der Waals surface area contributed by atoms with E-state index in [1.54, 1.807) is 18.2 Å². The molecular weight excluding hydrogens is 1480 g/mol. The third kappa shape index (κ3) is 14.7. The van der Waals surface area contributed by atoms with Gasteiger partial charge in [-0.2, -0.15) is 0 Å². The summed E-state index contributed by atoms with van der Waals surface area (Å²) in [5.74, 6) is 0.616. The maximum absolute atomic E-state index is 10.3. The van der Waals surface area contributed by atoms with Crippen molar-refractivity contribution in [2.75, 3.05) is 0 Å². The molecule has 0 amide bonds. The Kier molecular flexibility index (Phi) is 20.6. The second-order valence-electron chi connectivity index (χ2n) is 29.5. The molecule has 0 aliphatic heterocycles. The van der Waals surface area contributed by atoms with Crippen LogP contribution < -0.4 is 16.4 Å². The molecule has 0 unspecified atom stereocenters. The predicted molar refractivity (Wildman–Crippen MR) is 492 cm³/mol. The number of hydrogen-bond donors (Lipinski definition) is 6. The van der Waals surface area contributed by atoms with Crippen LogP contribution in [-0.4, -0.2) is 85.1 Å². The Balaban J connectivity index is 0.000000119. The first-order chi connectivity index (χ1) is 59.0. The summed E-state index contributed by atoms with van der Waals surface area (Å²) >= 11 is 0. The fraction of sp³-hybridized carbons (Fsp3) is 0. The molecule has 6 heterocycles. The van der Waals surface area contributed by atoms with Gasteiger partial charge in [-0.1, -0.05) is 328 Å². The van der Waals surface area contributed by atoms with E-state index in [1.165, 1.54) is 0 Å². The molecule has 0 saturated heterocycles. The molecule has 0 radical (unpaired) electrons. The van der Waals surface area contributed by atoms with Crippen LogP contribution >= 0.6 is 0 Å². The normalized spacial score (nSPS) is 11.2. The van der Waals surface area contributed by atoms with Gasteiger partial charge >= 0.3 is 21.4 Å². The third-order valence-electron chi connectivity index (χ3n) is 22.0. The van der Waals surface area contributed by atoms with Gasteiger partial charge in [0, 0.05) is 105 Å². The molecule has 13 nitrogen and oxygen atoms in total. The number of nitrogens with zero attached hydrogens (tertiary/aromatic N) is 7. The average Bonchev–Trinajstić information content (AvgIpc) is 1.60. The van der Waals surface area contributed by atoms with Crippen LogP contribution in [0.1, 0.15) is 0 Å². The van der Waals surface area contributed by atoms with Gasteiger partial charge in [-0.15, -0.1) is 0 Å². The van der Waals surface area contributed by atoms with E-state index in [-0.39, 0.29) is 0 Å². The minimum Gasteiger partial charge on any atom is -0.423 e. The molecule has 0 aliphatic carbocycles. The summed E-state index contributed by atoms with van der Waals surface area (Å²) in [7, 11) is -4.78. The summed E-state index contributed by atoms with van der Waals surface area (Å²) in [4.78, 5) is 20.1. The number of aromatic nitrogens is 7. The van der Waals surface area contributed by atoms with E-state index in [0.717, 1.165) is 178 Å². The van der Waals surface area contributed by atoms with Crippen LogP contribution in [0.3, 0.4) is 0 Å². The van der Waals surface area contributed by atoms with E-state index < -0.39 is 21.4 Å². The van der Waals surface area contributed by atoms with Gasteiger partial charge in [0.1, 0.15) is 0 Å². The van der Waals surface area contributed by atoms with Gasteiger partial charge in [-0.25, -0.2) is 19.9 Å². The Hall–Kier alpha value is -15.0. The predicted octanol–water partition coefficient (Wildman–Crippen LogP) is 20.0. The van der Waals surface area contributed by atoms with E-state index in [1.807, 2.05) is 218 Å². The highest BCUT2D eigenvalue weighted by Crippen LogP contribution is 2.40. The minimum atomic E-state index is -1.60. The summed E-state index contributed by atoms with van der Waals surface area (Å²) in [6, 6.07) is 138. The van der Waals surface area contributed by atoms with Crippen molar-refractivity contribution in [2.24, 2.45) is 0 Å². The first kappa shape index (κ1) is 75.1. The van der Waals surface area contributed by atoms with Gasteiger partial charge in [0.15, 0.2) is 5.82 Å². The molecule has 0 saturated carbocycles. The van der Waals surface area contributed by atoms with E-state index in [9.17, 15) is 30.1 Å². The van der Waals surface area contributed by atoms with Crippen molar-refractivity contribution in [1.29, 1.82) is 0 Å².